The van der Waals surface area contributed by atoms with E-state index in [-0.39, 0.29) is 5.82 Å². The standard InChI is InChI=1S/C40H24FN/c41-26-18-20-27(21-19-26)42(38-17-5-9-25-8-1-2-10-29(25)38)28-22-23-31-34-14-7-15-35-36-16-6-13-33(40(36)37(31)24-28)30-11-3-4-12-32(30)39(34)35/h1-24H. The van der Waals surface area contributed by atoms with Crippen molar-refractivity contribution in [3.63, 3.8) is 0 Å². The smallest absolute Gasteiger partial charge is 0.123 e. The second-order valence-electron chi connectivity index (χ2n) is 11.0. The van der Waals surface area contributed by atoms with Crippen molar-refractivity contribution in [2.45, 2.75) is 0 Å². The van der Waals surface area contributed by atoms with Crippen molar-refractivity contribution >= 4 is 27.8 Å². The highest BCUT2D eigenvalue weighted by Crippen LogP contribution is 2.57. The summed E-state index contributed by atoms with van der Waals surface area (Å²) in [5, 5.41) is 2.31. The predicted octanol–water partition coefficient (Wildman–Crippen LogP) is 11.4. The fourth-order valence-electron chi connectivity index (χ4n) is 7.05. The van der Waals surface area contributed by atoms with Crippen LogP contribution in [0.15, 0.2) is 146 Å². The third kappa shape index (κ3) is 3.24. The lowest BCUT2D eigenvalue weighted by molar-refractivity contribution is 0.628. The van der Waals surface area contributed by atoms with Crippen molar-refractivity contribution in [1.29, 1.82) is 0 Å². The van der Waals surface area contributed by atoms with Gasteiger partial charge in [-0.2, -0.15) is 0 Å². The molecule has 0 unspecified atom stereocenters. The van der Waals surface area contributed by atoms with Crippen molar-refractivity contribution in [3.05, 3.63) is 151 Å². The van der Waals surface area contributed by atoms with Crippen molar-refractivity contribution in [2.75, 3.05) is 4.90 Å². The Morgan fingerprint density at radius 1 is 0.381 bits per heavy atom. The lowest BCUT2D eigenvalue weighted by Gasteiger charge is -2.28. The van der Waals surface area contributed by atoms with Gasteiger partial charge in [-0.1, -0.05) is 103 Å². The zero-order valence-electron chi connectivity index (χ0n) is 22.7. The van der Waals surface area contributed by atoms with Crippen LogP contribution in [0.2, 0.25) is 0 Å². The second kappa shape index (κ2) is 8.76. The first-order valence-corrected chi connectivity index (χ1v) is 14.3. The van der Waals surface area contributed by atoms with Crippen LogP contribution in [0.25, 0.3) is 66.4 Å². The maximum absolute atomic E-state index is 14.1. The molecule has 7 aromatic rings. The monoisotopic (exact) mass is 537 g/mol. The lowest BCUT2D eigenvalue weighted by Crippen LogP contribution is -2.11. The Balaban J connectivity index is 1.37. The van der Waals surface area contributed by atoms with Gasteiger partial charge in [-0.3, -0.25) is 0 Å². The fourth-order valence-corrected chi connectivity index (χ4v) is 7.05. The number of halogens is 1. The van der Waals surface area contributed by atoms with Crippen LogP contribution in [0.3, 0.4) is 0 Å². The van der Waals surface area contributed by atoms with Gasteiger partial charge in [-0.25, -0.2) is 4.39 Å². The normalized spacial score (nSPS) is 11.9. The first-order chi connectivity index (χ1) is 20.8. The number of hydrogen-bond donors (Lipinski definition) is 0. The predicted molar refractivity (Wildman–Crippen MR) is 173 cm³/mol. The molecular weight excluding hydrogens is 513 g/mol. The molecule has 42 heavy (non-hydrogen) atoms. The van der Waals surface area contributed by atoms with E-state index in [1.54, 1.807) is 0 Å². The van der Waals surface area contributed by atoms with Gasteiger partial charge in [-0.15, -0.1) is 0 Å². The Hall–Kier alpha value is -5.47. The Morgan fingerprint density at radius 2 is 0.905 bits per heavy atom. The molecule has 2 aliphatic rings. The molecule has 6 bridgehead atoms. The summed E-state index contributed by atoms with van der Waals surface area (Å²) >= 11 is 0. The van der Waals surface area contributed by atoms with E-state index in [1.165, 1.54) is 67.8 Å². The Morgan fingerprint density at radius 3 is 1.67 bits per heavy atom. The van der Waals surface area contributed by atoms with Crippen LogP contribution in [-0.4, -0.2) is 0 Å². The van der Waals surface area contributed by atoms with Crippen LogP contribution in [-0.2, 0) is 0 Å². The third-order valence-corrected chi connectivity index (χ3v) is 8.82. The highest BCUT2D eigenvalue weighted by molar-refractivity contribution is 6.15. The van der Waals surface area contributed by atoms with E-state index in [1.807, 2.05) is 12.1 Å². The topological polar surface area (TPSA) is 3.24 Å². The summed E-state index contributed by atoms with van der Waals surface area (Å²) in [5.41, 5.74) is 15.6. The molecule has 2 aliphatic carbocycles. The second-order valence-corrected chi connectivity index (χ2v) is 11.0. The van der Waals surface area contributed by atoms with Crippen molar-refractivity contribution in [2.24, 2.45) is 0 Å². The molecule has 0 saturated heterocycles. The molecule has 0 fully saturated rings. The molecule has 0 amide bonds. The molecule has 0 radical (unpaired) electrons. The van der Waals surface area contributed by atoms with E-state index in [0.29, 0.717) is 0 Å². The molecule has 1 nitrogen and oxygen atoms in total. The van der Waals surface area contributed by atoms with E-state index in [4.69, 9.17) is 0 Å². The average Bonchev–Trinajstić information content (AvgIpc) is 3.15. The Bertz CT molecular complexity index is 2180. The number of rotatable bonds is 3. The molecule has 196 valence electrons. The van der Waals surface area contributed by atoms with E-state index < -0.39 is 0 Å². The molecule has 0 N–H and O–H groups in total. The molecule has 0 atom stereocenters. The van der Waals surface area contributed by atoms with Gasteiger partial charge < -0.3 is 4.90 Å². The van der Waals surface area contributed by atoms with E-state index in [2.05, 4.69) is 126 Å². The van der Waals surface area contributed by atoms with Crippen molar-refractivity contribution < 1.29 is 4.39 Å². The zero-order valence-corrected chi connectivity index (χ0v) is 22.7. The molecule has 9 rings (SSSR count). The van der Waals surface area contributed by atoms with Gasteiger partial charge in [0, 0.05) is 16.8 Å². The van der Waals surface area contributed by atoms with Gasteiger partial charge in [0.25, 0.3) is 0 Å². The van der Waals surface area contributed by atoms with Crippen LogP contribution in [0.5, 0.6) is 0 Å². The van der Waals surface area contributed by atoms with E-state index in [0.717, 1.165) is 27.8 Å². The van der Waals surface area contributed by atoms with E-state index >= 15 is 0 Å². The number of anilines is 3. The van der Waals surface area contributed by atoms with Gasteiger partial charge in [0.1, 0.15) is 5.82 Å². The first-order valence-electron chi connectivity index (χ1n) is 14.3. The van der Waals surface area contributed by atoms with Gasteiger partial charge in [-0.05, 0) is 103 Å². The van der Waals surface area contributed by atoms with Gasteiger partial charge in [0.15, 0.2) is 0 Å². The molecule has 0 aromatic heterocycles. The number of benzene rings is 7. The Kier molecular flexibility index (Phi) is 4.85. The zero-order chi connectivity index (χ0) is 27.8. The van der Waals surface area contributed by atoms with Crippen molar-refractivity contribution in [3.8, 4) is 55.6 Å². The molecule has 0 heterocycles. The summed E-state index contributed by atoms with van der Waals surface area (Å²) in [7, 11) is 0. The highest BCUT2D eigenvalue weighted by atomic mass is 19.1. The van der Waals surface area contributed by atoms with Crippen LogP contribution in [0, 0.1) is 5.82 Å². The SMILES string of the molecule is Fc1ccc(N(c2ccc3c(c2)-c2c4cccc2-c2cccc-3c2-c2ccccc2-4)c2cccc3ccccc23)cc1. The van der Waals surface area contributed by atoms with Gasteiger partial charge in [0.05, 0.1) is 5.69 Å². The number of nitrogens with zero attached hydrogens (tertiary/aromatic N) is 1. The number of fused-ring (bicyclic) bond motifs is 5. The first kappa shape index (κ1) is 23.3. The average molecular weight is 538 g/mol. The fraction of sp³-hybridized carbons (Fsp3) is 0. The summed E-state index contributed by atoms with van der Waals surface area (Å²) in [4.78, 5) is 2.26. The summed E-state index contributed by atoms with van der Waals surface area (Å²) in [5.74, 6) is -0.246. The molecule has 0 spiro atoms. The summed E-state index contributed by atoms with van der Waals surface area (Å²) in [6, 6.07) is 50.6. The summed E-state index contributed by atoms with van der Waals surface area (Å²) < 4.78 is 14.1. The molecular formula is C40H24FN. The number of hydrogen-bond acceptors (Lipinski definition) is 1. The lowest BCUT2D eigenvalue weighted by atomic mass is 9.83. The van der Waals surface area contributed by atoms with Crippen molar-refractivity contribution in [1.82, 2.24) is 0 Å². The minimum atomic E-state index is -0.246. The minimum Gasteiger partial charge on any atom is -0.310 e. The van der Waals surface area contributed by atoms with Crippen LogP contribution >= 0.6 is 0 Å². The van der Waals surface area contributed by atoms with Gasteiger partial charge in [0.2, 0.25) is 0 Å². The molecule has 7 aromatic carbocycles. The summed E-state index contributed by atoms with van der Waals surface area (Å²) in [6.45, 7) is 0. The minimum absolute atomic E-state index is 0.246. The summed E-state index contributed by atoms with van der Waals surface area (Å²) in [6.07, 6.45) is 0. The van der Waals surface area contributed by atoms with Crippen LogP contribution in [0.1, 0.15) is 0 Å². The maximum atomic E-state index is 14.1. The molecule has 0 aliphatic heterocycles. The maximum Gasteiger partial charge on any atom is 0.123 e. The van der Waals surface area contributed by atoms with Crippen LogP contribution in [0.4, 0.5) is 21.5 Å². The largest absolute Gasteiger partial charge is 0.310 e. The molecule has 0 saturated carbocycles. The quantitative estimate of drug-likeness (QED) is 0.217. The highest BCUT2D eigenvalue weighted by Gasteiger charge is 2.31. The van der Waals surface area contributed by atoms with Crippen LogP contribution < -0.4 is 4.90 Å². The van der Waals surface area contributed by atoms with Gasteiger partial charge >= 0.3 is 0 Å². The third-order valence-electron chi connectivity index (χ3n) is 8.82. The molecule has 2 heteroatoms. The Labute approximate surface area is 243 Å². The van der Waals surface area contributed by atoms with E-state index in [9.17, 15) is 4.39 Å².